The Morgan fingerprint density at radius 2 is 1.70 bits per heavy atom. The van der Waals surface area contributed by atoms with Crippen molar-refractivity contribution in [2.75, 3.05) is 31.9 Å². The predicted octanol–water partition coefficient (Wildman–Crippen LogP) is 4.50. The van der Waals surface area contributed by atoms with Gasteiger partial charge in [-0.15, -0.1) is 10.2 Å². The lowest BCUT2D eigenvalue weighted by molar-refractivity contribution is -0.128. The molecule has 1 aliphatic rings. The molecular weight excluding hydrogens is 437 g/mol. The summed E-state index contributed by atoms with van der Waals surface area (Å²) >= 11 is 1.34. The minimum atomic E-state index is -0.359. The van der Waals surface area contributed by atoms with E-state index in [9.17, 15) is 9.18 Å². The average Bonchev–Trinajstić information content (AvgIpc) is 3.04. The topological polar surface area (TPSA) is 54.3 Å². The highest BCUT2D eigenvalue weighted by molar-refractivity contribution is 7.99. The van der Waals surface area contributed by atoms with Gasteiger partial charge in [-0.25, -0.2) is 4.39 Å². The van der Waals surface area contributed by atoms with Gasteiger partial charge in [0, 0.05) is 37.4 Å². The molecular formula is C25H30FN5OS. The Balaban J connectivity index is 1.53. The molecule has 2 heterocycles. The molecule has 8 heteroatoms. The summed E-state index contributed by atoms with van der Waals surface area (Å²) < 4.78 is 16.4. The number of hydrogen-bond donors (Lipinski definition) is 0. The summed E-state index contributed by atoms with van der Waals surface area (Å²) in [6, 6.07) is 16.1. The third kappa shape index (κ3) is 5.45. The van der Waals surface area contributed by atoms with E-state index in [4.69, 9.17) is 0 Å². The fourth-order valence-electron chi connectivity index (χ4n) is 4.05. The standard InChI is InChI=1S/C25H30FN5OS/c1-25(2,3)30-15-9-14-29(16-17-30)22(32)18-33-24-28-27-23(20-12-7-8-13-21(20)26)31(24)19-10-5-4-6-11-19/h4-8,10-13H,9,14-18H2,1-3H3. The van der Waals surface area contributed by atoms with Crippen molar-refractivity contribution >= 4 is 17.7 Å². The minimum absolute atomic E-state index is 0.0887. The SMILES string of the molecule is CC(C)(C)N1CCCN(C(=O)CSc2nnc(-c3ccccc3F)n2-c2ccccc2)CC1. The molecule has 1 aliphatic heterocycles. The second kappa shape index (κ2) is 10.1. The smallest absolute Gasteiger partial charge is 0.233 e. The lowest BCUT2D eigenvalue weighted by Crippen LogP contribution is -2.44. The molecule has 174 valence electrons. The van der Waals surface area contributed by atoms with Crippen molar-refractivity contribution in [3.8, 4) is 17.1 Å². The lowest BCUT2D eigenvalue weighted by Gasteiger charge is -2.34. The van der Waals surface area contributed by atoms with Crippen LogP contribution < -0.4 is 0 Å². The van der Waals surface area contributed by atoms with Crippen molar-refractivity contribution in [1.29, 1.82) is 0 Å². The summed E-state index contributed by atoms with van der Waals surface area (Å²) in [6.07, 6.45) is 0.964. The third-order valence-corrected chi connectivity index (χ3v) is 6.80. The zero-order valence-electron chi connectivity index (χ0n) is 19.4. The van der Waals surface area contributed by atoms with E-state index in [1.807, 2.05) is 39.8 Å². The number of carbonyl (C=O) groups is 1. The van der Waals surface area contributed by atoms with Gasteiger partial charge >= 0.3 is 0 Å². The first-order valence-corrected chi connectivity index (χ1v) is 12.2. The van der Waals surface area contributed by atoms with Crippen LogP contribution in [0.5, 0.6) is 0 Å². The number of amides is 1. The Morgan fingerprint density at radius 1 is 0.970 bits per heavy atom. The summed E-state index contributed by atoms with van der Waals surface area (Å²) in [5, 5.41) is 9.18. The van der Waals surface area contributed by atoms with Crippen LogP contribution in [0.3, 0.4) is 0 Å². The van der Waals surface area contributed by atoms with Gasteiger partial charge in [0.2, 0.25) is 5.91 Å². The van der Waals surface area contributed by atoms with E-state index in [-0.39, 0.29) is 23.0 Å². The van der Waals surface area contributed by atoms with Gasteiger partial charge in [0.1, 0.15) is 5.82 Å². The van der Waals surface area contributed by atoms with Gasteiger partial charge in [-0.1, -0.05) is 42.1 Å². The van der Waals surface area contributed by atoms with Gasteiger partial charge in [0.05, 0.1) is 11.3 Å². The summed E-state index contributed by atoms with van der Waals surface area (Å²) in [5.74, 6) is 0.413. The van der Waals surface area contributed by atoms with Crippen LogP contribution >= 0.6 is 11.8 Å². The lowest BCUT2D eigenvalue weighted by atomic mass is 10.1. The van der Waals surface area contributed by atoms with Gasteiger partial charge in [-0.05, 0) is 51.5 Å². The summed E-state index contributed by atoms with van der Waals surface area (Å²) in [4.78, 5) is 17.4. The van der Waals surface area contributed by atoms with E-state index in [1.165, 1.54) is 17.8 Å². The second-order valence-electron chi connectivity index (χ2n) is 9.14. The number of rotatable bonds is 5. The number of hydrogen-bond acceptors (Lipinski definition) is 5. The summed E-state index contributed by atoms with van der Waals surface area (Å²) in [5.41, 5.74) is 1.30. The fourth-order valence-corrected chi connectivity index (χ4v) is 4.90. The molecule has 0 aliphatic carbocycles. The van der Waals surface area contributed by atoms with Crippen LogP contribution in [0.15, 0.2) is 59.8 Å². The van der Waals surface area contributed by atoms with Crippen LogP contribution in [0.4, 0.5) is 4.39 Å². The van der Waals surface area contributed by atoms with Gasteiger partial charge in [-0.3, -0.25) is 14.3 Å². The Morgan fingerprint density at radius 3 is 2.42 bits per heavy atom. The van der Waals surface area contributed by atoms with E-state index in [2.05, 4.69) is 35.9 Å². The summed E-state index contributed by atoms with van der Waals surface area (Å²) in [7, 11) is 0. The highest BCUT2D eigenvalue weighted by Gasteiger charge is 2.26. The highest BCUT2D eigenvalue weighted by Crippen LogP contribution is 2.29. The molecule has 0 bridgehead atoms. The number of para-hydroxylation sites is 1. The molecule has 33 heavy (non-hydrogen) atoms. The largest absolute Gasteiger partial charge is 0.341 e. The minimum Gasteiger partial charge on any atom is -0.341 e. The molecule has 0 saturated carbocycles. The van der Waals surface area contributed by atoms with Crippen molar-refractivity contribution in [2.45, 2.75) is 37.9 Å². The maximum atomic E-state index is 14.5. The zero-order valence-corrected chi connectivity index (χ0v) is 20.2. The molecule has 4 rings (SSSR count). The number of benzene rings is 2. The molecule has 1 amide bonds. The Bertz CT molecular complexity index is 1100. The van der Waals surface area contributed by atoms with Crippen LogP contribution in [-0.2, 0) is 4.79 Å². The molecule has 3 aromatic rings. The van der Waals surface area contributed by atoms with Crippen molar-refractivity contribution < 1.29 is 9.18 Å². The zero-order chi connectivity index (χ0) is 23.4. The first kappa shape index (κ1) is 23.4. The van der Waals surface area contributed by atoms with Crippen LogP contribution in [0, 0.1) is 5.82 Å². The molecule has 1 aromatic heterocycles. The van der Waals surface area contributed by atoms with Crippen LogP contribution in [-0.4, -0.2) is 67.9 Å². The molecule has 0 radical (unpaired) electrons. The monoisotopic (exact) mass is 467 g/mol. The Labute approximate surface area is 198 Å². The van der Waals surface area contributed by atoms with Crippen molar-refractivity contribution in [3.63, 3.8) is 0 Å². The number of carbonyl (C=O) groups excluding carboxylic acids is 1. The van der Waals surface area contributed by atoms with Crippen LogP contribution in [0.1, 0.15) is 27.2 Å². The number of halogens is 1. The van der Waals surface area contributed by atoms with E-state index >= 15 is 0 Å². The third-order valence-electron chi connectivity index (χ3n) is 5.88. The molecule has 2 aromatic carbocycles. The second-order valence-corrected chi connectivity index (χ2v) is 10.1. The summed E-state index contributed by atoms with van der Waals surface area (Å²) in [6.45, 7) is 9.99. The first-order chi connectivity index (χ1) is 15.8. The van der Waals surface area contributed by atoms with Gasteiger partial charge in [0.15, 0.2) is 11.0 Å². The molecule has 0 unspecified atom stereocenters. The van der Waals surface area contributed by atoms with Crippen molar-refractivity contribution in [2.24, 2.45) is 0 Å². The predicted molar refractivity (Wildman–Crippen MR) is 130 cm³/mol. The molecule has 1 fully saturated rings. The van der Waals surface area contributed by atoms with Gasteiger partial charge in [-0.2, -0.15) is 0 Å². The van der Waals surface area contributed by atoms with Crippen LogP contribution in [0.2, 0.25) is 0 Å². The molecule has 0 N–H and O–H groups in total. The quantitative estimate of drug-likeness (QED) is 0.517. The Hall–Kier alpha value is -2.71. The number of aromatic nitrogens is 3. The number of thioether (sulfide) groups is 1. The molecule has 0 spiro atoms. The van der Waals surface area contributed by atoms with E-state index in [1.54, 1.807) is 18.2 Å². The van der Waals surface area contributed by atoms with E-state index in [0.717, 1.165) is 38.3 Å². The molecule has 0 atom stereocenters. The van der Waals surface area contributed by atoms with Gasteiger partial charge in [0.25, 0.3) is 0 Å². The fraction of sp³-hybridized carbons (Fsp3) is 0.400. The van der Waals surface area contributed by atoms with Crippen LogP contribution in [0.25, 0.3) is 17.1 Å². The maximum absolute atomic E-state index is 14.5. The van der Waals surface area contributed by atoms with Crippen molar-refractivity contribution in [1.82, 2.24) is 24.6 Å². The molecule has 6 nitrogen and oxygen atoms in total. The van der Waals surface area contributed by atoms with Crippen molar-refractivity contribution in [3.05, 3.63) is 60.4 Å². The number of nitrogens with zero attached hydrogens (tertiary/aromatic N) is 5. The normalized spacial score (nSPS) is 15.5. The highest BCUT2D eigenvalue weighted by atomic mass is 32.2. The first-order valence-electron chi connectivity index (χ1n) is 11.3. The maximum Gasteiger partial charge on any atom is 0.233 e. The average molecular weight is 468 g/mol. The molecule has 1 saturated heterocycles. The van der Waals surface area contributed by atoms with E-state index < -0.39 is 0 Å². The Kier molecular flexibility index (Phi) is 7.14. The van der Waals surface area contributed by atoms with E-state index in [0.29, 0.717) is 16.5 Å². The van der Waals surface area contributed by atoms with Gasteiger partial charge < -0.3 is 4.90 Å².